The average molecular weight is 314 g/mol. The van der Waals surface area contributed by atoms with Crippen molar-refractivity contribution < 1.29 is 4.79 Å². The van der Waals surface area contributed by atoms with Crippen molar-refractivity contribution in [3.63, 3.8) is 0 Å². The predicted molar refractivity (Wildman–Crippen MR) is 87.7 cm³/mol. The van der Waals surface area contributed by atoms with E-state index in [2.05, 4.69) is 15.2 Å². The number of carbonyl (C=O) groups is 1. The summed E-state index contributed by atoms with van der Waals surface area (Å²) >= 11 is 0. The van der Waals surface area contributed by atoms with E-state index in [1.165, 1.54) is 36.9 Å². The van der Waals surface area contributed by atoms with Crippen LogP contribution in [0, 0.1) is 5.92 Å². The van der Waals surface area contributed by atoms with Gasteiger partial charge < -0.3 is 10.2 Å². The molecule has 23 heavy (non-hydrogen) atoms. The summed E-state index contributed by atoms with van der Waals surface area (Å²) in [7, 11) is 0. The molecule has 5 heteroatoms. The molecule has 1 aromatic heterocycles. The number of amides is 1. The zero-order chi connectivity index (χ0) is 15.6. The zero-order valence-corrected chi connectivity index (χ0v) is 13.8. The maximum absolute atomic E-state index is 12.7. The molecule has 5 nitrogen and oxygen atoms in total. The Kier molecular flexibility index (Phi) is 4.29. The highest BCUT2D eigenvalue weighted by Crippen LogP contribution is 2.34. The second-order valence-electron chi connectivity index (χ2n) is 7.23. The Hall–Kier alpha value is -1.49. The molecule has 1 amide bonds. The van der Waals surface area contributed by atoms with Gasteiger partial charge in [-0.1, -0.05) is 12.8 Å². The third kappa shape index (κ3) is 3.11. The Bertz CT molecular complexity index is 582. The van der Waals surface area contributed by atoms with Crippen LogP contribution in [-0.2, 0) is 17.8 Å². The Morgan fingerprint density at radius 1 is 1.26 bits per heavy atom. The van der Waals surface area contributed by atoms with Crippen molar-refractivity contribution in [2.45, 2.75) is 64.0 Å². The number of nitrogens with one attached hydrogen (secondary N) is 1. The van der Waals surface area contributed by atoms with Crippen LogP contribution in [0.2, 0.25) is 0 Å². The number of carbonyl (C=O) groups excluding carboxylic acids is 1. The standard InChI is InChI=1S/C18H26N4O/c23-17(10-13-4-1-2-5-13)22-9-3-6-16(22)18-20-12-14-11-19-8-7-15(14)21-18/h12-13,16,19H,1-11H2. The van der Waals surface area contributed by atoms with Crippen LogP contribution in [-0.4, -0.2) is 33.9 Å². The first-order valence-electron chi connectivity index (χ1n) is 9.16. The van der Waals surface area contributed by atoms with E-state index in [0.717, 1.165) is 51.1 Å². The molecule has 2 aliphatic heterocycles. The Morgan fingerprint density at radius 2 is 2.13 bits per heavy atom. The van der Waals surface area contributed by atoms with E-state index in [0.29, 0.717) is 11.8 Å². The van der Waals surface area contributed by atoms with Crippen molar-refractivity contribution in [3.05, 3.63) is 23.3 Å². The highest BCUT2D eigenvalue weighted by molar-refractivity contribution is 5.77. The summed E-state index contributed by atoms with van der Waals surface area (Å²) in [6.45, 7) is 2.72. The van der Waals surface area contributed by atoms with Crippen LogP contribution in [0.4, 0.5) is 0 Å². The fourth-order valence-electron chi connectivity index (χ4n) is 4.32. The van der Waals surface area contributed by atoms with Crippen molar-refractivity contribution in [3.8, 4) is 0 Å². The lowest BCUT2D eigenvalue weighted by atomic mass is 10.0. The Labute approximate surface area is 137 Å². The molecule has 0 bridgehead atoms. The molecule has 1 aromatic rings. The van der Waals surface area contributed by atoms with Crippen LogP contribution < -0.4 is 5.32 Å². The highest BCUT2D eigenvalue weighted by Gasteiger charge is 2.33. The quantitative estimate of drug-likeness (QED) is 0.930. The summed E-state index contributed by atoms with van der Waals surface area (Å²) in [5.41, 5.74) is 2.38. The molecule has 0 aromatic carbocycles. The molecule has 124 valence electrons. The van der Waals surface area contributed by atoms with Gasteiger partial charge in [-0.2, -0.15) is 0 Å². The van der Waals surface area contributed by atoms with Gasteiger partial charge in [0.15, 0.2) is 5.82 Å². The molecule has 4 rings (SSSR count). The second kappa shape index (κ2) is 6.56. The summed E-state index contributed by atoms with van der Waals surface area (Å²) in [4.78, 5) is 24.2. The second-order valence-corrected chi connectivity index (χ2v) is 7.23. The van der Waals surface area contributed by atoms with E-state index in [1.54, 1.807) is 0 Å². The lowest BCUT2D eigenvalue weighted by Gasteiger charge is -2.26. The van der Waals surface area contributed by atoms with Gasteiger partial charge in [-0.3, -0.25) is 4.79 Å². The van der Waals surface area contributed by atoms with Gasteiger partial charge in [0.25, 0.3) is 0 Å². The molecular weight excluding hydrogens is 288 g/mol. The van der Waals surface area contributed by atoms with Gasteiger partial charge in [-0.05, 0) is 31.6 Å². The van der Waals surface area contributed by atoms with Crippen LogP contribution in [0.15, 0.2) is 6.20 Å². The van der Waals surface area contributed by atoms with E-state index < -0.39 is 0 Å². The predicted octanol–water partition coefficient (Wildman–Crippen LogP) is 2.37. The van der Waals surface area contributed by atoms with Crippen LogP contribution in [0.5, 0.6) is 0 Å². The van der Waals surface area contributed by atoms with E-state index >= 15 is 0 Å². The monoisotopic (exact) mass is 314 g/mol. The number of likely N-dealkylation sites (tertiary alicyclic amines) is 1. The summed E-state index contributed by atoms with van der Waals surface area (Å²) in [5, 5.41) is 3.35. The topological polar surface area (TPSA) is 58.1 Å². The van der Waals surface area contributed by atoms with Crippen LogP contribution >= 0.6 is 0 Å². The van der Waals surface area contributed by atoms with Crippen molar-refractivity contribution in [2.24, 2.45) is 5.92 Å². The number of fused-ring (bicyclic) bond motifs is 1. The molecule has 1 saturated carbocycles. The van der Waals surface area contributed by atoms with Gasteiger partial charge in [0.05, 0.1) is 6.04 Å². The summed E-state index contributed by atoms with van der Waals surface area (Å²) in [5.74, 6) is 1.80. The summed E-state index contributed by atoms with van der Waals surface area (Å²) in [6, 6.07) is 0.101. The first-order valence-corrected chi connectivity index (χ1v) is 9.16. The molecule has 1 N–H and O–H groups in total. The number of rotatable bonds is 3. The van der Waals surface area contributed by atoms with Crippen molar-refractivity contribution >= 4 is 5.91 Å². The Balaban J connectivity index is 1.49. The third-order valence-electron chi connectivity index (χ3n) is 5.64. The van der Waals surface area contributed by atoms with E-state index in [4.69, 9.17) is 4.98 Å². The first-order chi connectivity index (χ1) is 11.3. The van der Waals surface area contributed by atoms with Crippen molar-refractivity contribution in [1.29, 1.82) is 0 Å². The van der Waals surface area contributed by atoms with Crippen LogP contribution in [0.25, 0.3) is 0 Å². The van der Waals surface area contributed by atoms with Gasteiger partial charge in [-0.25, -0.2) is 9.97 Å². The average Bonchev–Trinajstić information content (AvgIpc) is 3.25. The number of aromatic nitrogens is 2. The lowest BCUT2D eigenvalue weighted by molar-refractivity contribution is -0.133. The molecule has 1 saturated heterocycles. The Morgan fingerprint density at radius 3 is 3.00 bits per heavy atom. The normalized spacial score (nSPS) is 24.9. The largest absolute Gasteiger partial charge is 0.332 e. The maximum Gasteiger partial charge on any atom is 0.223 e. The smallest absolute Gasteiger partial charge is 0.223 e. The molecule has 1 atom stereocenters. The van der Waals surface area contributed by atoms with Gasteiger partial charge in [0, 0.05) is 49.9 Å². The van der Waals surface area contributed by atoms with Crippen LogP contribution in [0.3, 0.4) is 0 Å². The lowest BCUT2D eigenvalue weighted by Crippen LogP contribution is -2.33. The third-order valence-corrected chi connectivity index (χ3v) is 5.64. The highest BCUT2D eigenvalue weighted by atomic mass is 16.2. The van der Waals surface area contributed by atoms with Crippen LogP contribution in [0.1, 0.15) is 68.1 Å². The molecule has 3 heterocycles. The molecule has 3 aliphatic rings. The molecule has 1 aliphatic carbocycles. The fourth-order valence-corrected chi connectivity index (χ4v) is 4.32. The minimum atomic E-state index is 0.101. The number of nitrogens with zero attached hydrogens (tertiary/aromatic N) is 3. The molecule has 0 spiro atoms. The molecule has 2 fully saturated rings. The van der Waals surface area contributed by atoms with Gasteiger partial charge in [-0.15, -0.1) is 0 Å². The summed E-state index contributed by atoms with van der Waals surface area (Å²) < 4.78 is 0. The van der Waals surface area contributed by atoms with Crippen molar-refractivity contribution in [2.75, 3.05) is 13.1 Å². The molecule has 1 unspecified atom stereocenters. The SMILES string of the molecule is O=C(CC1CCCC1)N1CCCC1c1ncc2c(n1)CCNC2. The van der Waals surface area contributed by atoms with Gasteiger partial charge >= 0.3 is 0 Å². The maximum atomic E-state index is 12.7. The zero-order valence-electron chi connectivity index (χ0n) is 13.8. The van der Waals surface area contributed by atoms with E-state index in [-0.39, 0.29) is 6.04 Å². The molecule has 0 radical (unpaired) electrons. The minimum absolute atomic E-state index is 0.101. The van der Waals surface area contributed by atoms with Gasteiger partial charge in [0.1, 0.15) is 0 Å². The van der Waals surface area contributed by atoms with E-state index in [9.17, 15) is 4.79 Å². The minimum Gasteiger partial charge on any atom is -0.332 e. The van der Waals surface area contributed by atoms with Gasteiger partial charge in [0.2, 0.25) is 5.91 Å². The number of hydrogen-bond donors (Lipinski definition) is 1. The van der Waals surface area contributed by atoms with E-state index in [1.807, 2.05) is 6.20 Å². The molecular formula is C18H26N4O. The van der Waals surface area contributed by atoms with Crippen molar-refractivity contribution in [1.82, 2.24) is 20.2 Å². The fraction of sp³-hybridized carbons (Fsp3) is 0.722. The summed E-state index contributed by atoms with van der Waals surface area (Å²) in [6.07, 6.45) is 10.8. The first kappa shape index (κ1) is 15.1. The number of hydrogen-bond acceptors (Lipinski definition) is 4.